The lowest BCUT2D eigenvalue weighted by atomic mass is 10.2. The van der Waals surface area contributed by atoms with Gasteiger partial charge in [-0.15, -0.1) is 0 Å². The standard InChI is InChI=1S/C10H20O5/c1-4-5-6-7-8-13-15-10(2,3)14-9(11)12/h4-8H2,1-3H3,(H,11,12). The number of rotatable bonds is 8. The van der Waals surface area contributed by atoms with Crippen molar-refractivity contribution in [3.05, 3.63) is 0 Å². The van der Waals surface area contributed by atoms with E-state index in [2.05, 4.69) is 11.7 Å². The van der Waals surface area contributed by atoms with Crippen molar-refractivity contribution in [1.82, 2.24) is 0 Å². The van der Waals surface area contributed by atoms with Crippen molar-refractivity contribution in [2.45, 2.75) is 52.2 Å². The Bertz CT molecular complexity index is 179. The van der Waals surface area contributed by atoms with Gasteiger partial charge in [0.2, 0.25) is 5.79 Å². The van der Waals surface area contributed by atoms with Gasteiger partial charge in [0.1, 0.15) is 0 Å². The first-order chi connectivity index (χ1) is 6.98. The Morgan fingerprint density at radius 3 is 2.47 bits per heavy atom. The maximum atomic E-state index is 10.2. The van der Waals surface area contributed by atoms with Gasteiger partial charge >= 0.3 is 6.16 Å². The first-order valence-electron chi connectivity index (χ1n) is 5.20. The summed E-state index contributed by atoms with van der Waals surface area (Å²) in [7, 11) is 0. The Kier molecular flexibility index (Phi) is 7.07. The molecule has 0 aromatic carbocycles. The molecule has 0 amide bonds. The van der Waals surface area contributed by atoms with E-state index in [1.165, 1.54) is 20.3 Å². The second-order valence-electron chi connectivity index (χ2n) is 3.73. The van der Waals surface area contributed by atoms with Crippen molar-refractivity contribution in [2.24, 2.45) is 0 Å². The number of unbranched alkanes of at least 4 members (excludes halogenated alkanes) is 3. The molecular formula is C10H20O5. The molecule has 0 aromatic heterocycles. The number of carbonyl (C=O) groups is 1. The molecule has 5 heteroatoms. The van der Waals surface area contributed by atoms with Crippen LogP contribution in [0.1, 0.15) is 46.5 Å². The minimum absolute atomic E-state index is 0.451. The van der Waals surface area contributed by atoms with Gasteiger partial charge in [-0.2, -0.15) is 4.89 Å². The summed E-state index contributed by atoms with van der Waals surface area (Å²) in [5, 5.41) is 8.36. The lowest BCUT2D eigenvalue weighted by molar-refractivity contribution is -0.406. The van der Waals surface area contributed by atoms with Gasteiger partial charge in [-0.3, -0.25) is 0 Å². The molecule has 0 spiro atoms. The van der Waals surface area contributed by atoms with E-state index in [4.69, 9.17) is 14.9 Å². The molecular weight excluding hydrogens is 200 g/mol. The third kappa shape index (κ3) is 9.49. The van der Waals surface area contributed by atoms with Crippen LogP contribution in [0.2, 0.25) is 0 Å². The predicted octanol–water partition coefficient (Wildman–Crippen LogP) is 2.95. The Labute approximate surface area is 90.2 Å². The molecule has 0 bridgehead atoms. The monoisotopic (exact) mass is 220 g/mol. The maximum absolute atomic E-state index is 10.2. The summed E-state index contributed by atoms with van der Waals surface area (Å²) in [6.07, 6.45) is 2.93. The molecule has 1 N–H and O–H groups in total. The third-order valence-electron chi connectivity index (χ3n) is 1.67. The van der Waals surface area contributed by atoms with Gasteiger partial charge in [0, 0.05) is 13.8 Å². The lowest BCUT2D eigenvalue weighted by Gasteiger charge is -2.21. The zero-order valence-electron chi connectivity index (χ0n) is 9.62. The first-order valence-corrected chi connectivity index (χ1v) is 5.20. The zero-order chi connectivity index (χ0) is 11.7. The Hall–Kier alpha value is -0.810. The average Bonchev–Trinajstić information content (AvgIpc) is 2.08. The van der Waals surface area contributed by atoms with Crippen LogP contribution in [0.5, 0.6) is 0 Å². The molecule has 90 valence electrons. The van der Waals surface area contributed by atoms with Crippen LogP contribution in [-0.2, 0) is 14.5 Å². The highest BCUT2D eigenvalue weighted by Gasteiger charge is 2.24. The van der Waals surface area contributed by atoms with Gasteiger partial charge in [-0.1, -0.05) is 26.2 Å². The summed E-state index contributed by atoms with van der Waals surface area (Å²) in [6, 6.07) is 0. The predicted molar refractivity (Wildman–Crippen MR) is 54.4 cm³/mol. The second-order valence-corrected chi connectivity index (χ2v) is 3.73. The molecule has 0 aromatic rings. The fourth-order valence-corrected chi connectivity index (χ4v) is 0.999. The fraction of sp³-hybridized carbons (Fsp3) is 0.900. The number of hydrogen-bond acceptors (Lipinski definition) is 4. The van der Waals surface area contributed by atoms with Crippen LogP contribution in [0.15, 0.2) is 0 Å². The Balaban J connectivity index is 3.44. The van der Waals surface area contributed by atoms with Crippen LogP contribution in [-0.4, -0.2) is 23.7 Å². The smallest absolute Gasteiger partial charge is 0.450 e. The van der Waals surface area contributed by atoms with E-state index >= 15 is 0 Å². The normalized spacial score (nSPS) is 11.4. The SMILES string of the molecule is CCCCCCOOC(C)(C)OC(=O)O. The highest BCUT2D eigenvalue weighted by atomic mass is 17.2. The second kappa shape index (κ2) is 7.48. The van der Waals surface area contributed by atoms with E-state index in [-0.39, 0.29) is 0 Å². The molecule has 0 saturated heterocycles. The summed E-state index contributed by atoms with van der Waals surface area (Å²) in [4.78, 5) is 19.9. The molecule has 0 aliphatic heterocycles. The third-order valence-corrected chi connectivity index (χ3v) is 1.67. The number of hydrogen-bond donors (Lipinski definition) is 1. The summed E-state index contributed by atoms with van der Waals surface area (Å²) in [5.74, 6) is -1.25. The fourth-order valence-electron chi connectivity index (χ4n) is 0.999. The van der Waals surface area contributed by atoms with E-state index in [0.717, 1.165) is 19.3 Å². The maximum Gasteiger partial charge on any atom is 0.508 e. The first kappa shape index (κ1) is 14.2. The molecule has 0 fully saturated rings. The van der Waals surface area contributed by atoms with E-state index in [0.29, 0.717) is 6.61 Å². The molecule has 0 saturated carbocycles. The molecule has 0 aliphatic carbocycles. The minimum Gasteiger partial charge on any atom is -0.450 e. The quantitative estimate of drug-likeness (QED) is 0.224. The molecule has 0 aliphatic rings. The Morgan fingerprint density at radius 2 is 1.93 bits per heavy atom. The van der Waals surface area contributed by atoms with Gasteiger partial charge in [0.25, 0.3) is 0 Å². The molecule has 0 heterocycles. The van der Waals surface area contributed by atoms with Crippen molar-refractivity contribution in [3.8, 4) is 0 Å². The van der Waals surface area contributed by atoms with E-state index in [9.17, 15) is 4.79 Å². The van der Waals surface area contributed by atoms with Gasteiger partial charge < -0.3 is 9.84 Å². The van der Waals surface area contributed by atoms with Gasteiger partial charge in [0.05, 0.1) is 6.61 Å². The largest absolute Gasteiger partial charge is 0.508 e. The zero-order valence-corrected chi connectivity index (χ0v) is 9.62. The van der Waals surface area contributed by atoms with Crippen molar-refractivity contribution in [1.29, 1.82) is 0 Å². The van der Waals surface area contributed by atoms with Crippen LogP contribution in [0.4, 0.5) is 4.79 Å². The van der Waals surface area contributed by atoms with Crippen molar-refractivity contribution >= 4 is 6.16 Å². The van der Waals surface area contributed by atoms with Gasteiger partial charge in [0.15, 0.2) is 0 Å². The number of ether oxygens (including phenoxy) is 1. The van der Waals surface area contributed by atoms with Gasteiger partial charge in [-0.25, -0.2) is 9.68 Å². The highest BCUT2D eigenvalue weighted by molar-refractivity contribution is 5.57. The van der Waals surface area contributed by atoms with Crippen LogP contribution in [0, 0.1) is 0 Å². The van der Waals surface area contributed by atoms with E-state index < -0.39 is 11.9 Å². The van der Waals surface area contributed by atoms with Crippen molar-refractivity contribution < 1.29 is 24.4 Å². The summed E-state index contributed by atoms with van der Waals surface area (Å²) < 4.78 is 4.43. The Morgan fingerprint density at radius 1 is 1.27 bits per heavy atom. The van der Waals surface area contributed by atoms with Crippen LogP contribution in [0.25, 0.3) is 0 Å². The molecule has 15 heavy (non-hydrogen) atoms. The van der Waals surface area contributed by atoms with Crippen molar-refractivity contribution in [2.75, 3.05) is 6.61 Å². The van der Waals surface area contributed by atoms with Crippen LogP contribution >= 0.6 is 0 Å². The van der Waals surface area contributed by atoms with E-state index in [1.54, 1.807) is 0 Å². The van der Waals surface area contributed by atoms with Crippen LogP contribution in [0.3, 0.4) is 0 Å². The highest BCUT2D eigenvalue weighted by Crippen LogP contribution is 2.12. The molecule has 5 nitrogen and oxygen atoms in total. The summed E-state index contributed by atoms with van der Waals surface area (Å²) >= 11 is 0. The average molecular weight is 220 g/mol. The minimum atomic E-state index is -1.38. The number of carboxylic acid groups (broad SMARTS) is 1. The van der Waals surface area contributed by atoms with Gasteiger partial charge in [-0.05, 0) is 6.42 Å². The molecule has 0 unspecified atom stereocenters. The lowest BCUT2D eigenvalue weighted by Crippen LogP contribution is -2.31. The molecule has 0 rings (SSSR count). The van der Waals surface area contributed by atoms with Crippen LogP contribution < -0.4 is 0 Å². The topological polar surface area (TPSA) is 65.0 Å². The summed E-state index contributed by atoms with van der Waals surface area (Å²) in [5.41, 5.74) is 0. The molecule has 0 atom stereocenters. The summed E-state index contributed by atoms with van der Waals surface area (Å²) in [6.45, 7) is 5.54. The van der Waals surface area contributed by atoms with Crippen molar-refractivity contribution in [3.63, 3.8) is 0 Å². The molecule has 0 radical (unpaired) electrons. The van der Waals surface area contributed by atoms with E-state index in [1.807, 2.05) is 0 Å².